The molecule has 6 nitrogen and oxygen atoms in total. The molecule has 2 heterocycles. The number of halogens is 1. The summed E-state index contributed by atoms with van der Waals surface area (Å²) in [4.78, 5) is 16.3. The summed E-state index contributed by atoms with van der Waals surface area (Å²) in [5.41, 5.74) is 1.25. The molecule has 0 aliphatic carbocycles. The lowest BCUT2D eigenvalue weighted by Gasteiger charge is -2.23. The van der Waals surface area contributed by atoms with E-state index in [9.17, 15) is 13.2 Å². The first kappa shape index (κ1) is 17.2. The summed E-state index contributed by atoms with van der Waals surface area (Å²) in [5, 5.41) is 0.496. The number of carbonyl (C=O) groups excluding carboxylic acids is 1. The van der Waals surface area contributed by atoms with Gasteiger partial charge in [0.05, 0.1) is 30.7 Å². The molecule has 0 N–H and O–H groups in total. The van der Waals surface area contributed by atoms with Gasteiger partial charge < -0.3 is 4.74 Å². The number of hydrogen-bond acceptors (Lipinski definition) is 4. The highest BCUT2D eigenvalue weighted by atomic mass is 35.5. The van der Waals surface area contributed by atoms with Crippen LogP contribution in [0.3, 0.4) is 0 Å². The molecule has 26 heavy (non-hydrogen) atoms. The number of amides is 2. The van der Waals surface area contributed by atoms with Crippen LogP contribution in [0.15, 0.2) is 48.5 Å². The highest BCUT2D eigenvalue weighted by molar-refractivity contribution is 7.91. The Bertz CT molecular complexity index is 961. The van der Waals surface area contributed by atoms with Crippen LogP contribution in [0.5, 0.6) is 5.75 Å². The number of rotatable bonds is 3. The maximum atomic E-state index is 13.2. The molecule has 2 aromatic carbocycles. The van der Waals surface area contributed by atoms with Crippen molar-refractivity contribution in [2.45, 2.75) is 12.1 Å². The van der Waals surface area contributed by atoms with Gasteiger partial charge in [-0.1, -0.05) is 17.7 Å². The van der Waals surface area contributed by atoms with Crippen LogP contribution < -0.4 is 14.5 Å². The Labute approximate surface area is 156 Å². The van der Waals surface area contributed by atoms with E-state index < -0.39 is 21.9 Å². The van der Waals surface area contributed by atoms with Gasteiger partial charge in [0.15, 0.2) is 9.84 Å². The molecular weight excluding hydrogens is 376 g/mol. The zero-order chi connectivity index (χ0) is 18.5. The van der Waals surface area contributed by atoms with E-state index >= 15 is 0 Å². The predicted molar refractivity (Wildman–Crippen MR) is 101 cm³/mol. The minimum atomic E-state index is -3.23. The Morgan fingerprint density at radius 2 is 1.62 bits per heavy atom. The van der Waals surface area contributed by atoms with Crippen molar-refractivity contribution in [3.05, 3.63) is 53.6 Å². The van der Waals surface area contributed by atoms with E-state index in [0.29, 0.717) is 22.1 Å². The van der Waals surface area contributed by atoms with Gasteiger partial charge in [-0.3, -0.25) is 9.80 Å². The van der Waals surface area contributed by atoms with E-state index in [-0.39, 0.29) is 17.5 Å². The van der Waals surface area contributed by atoms with Gasteiger partial charge in [-0.25, -0.2) is 13.2 Å². The fourth-order valence-corrected chi connectivity index (χ4v) is 5.78. The third-order valence-corrected chi connectivity index (χ3v) is 6.74. The van der Waals surface area contributed by atoms with Gasteiger partial charge in [-0.15, -0.1) is 0 Å². The van der Waals surface area contributed by atoms with Crippen molar-refractivity contribution in [3.63, 3.8) is 0 Å². The Hall–Kier alpha value is -2.25. The molecule has 2 aliphatic heterocycles. The average Bonchev–Trinajstić information content (AvgIpc) is 3.03. The first-order valence-corrected chi connectivity index (χ1v) is 10.3. The van der Waals surface area contributed by atoms with Crippen molar-refractivity contribution in [3.8, 4) is 5.75 Å². The third-order valence-electron chi connectivity index (χ3n) is 4.81. The monoisotopic (exact) mass is 392 g/mol. The van der Waals surface area contributed by atoms with Gasteiger partial charge in [-0.2, -0.15) is 0 Å². The molecule has 0 radical (unpaired) electrons. The molecule has 2 aliphatic rings. The third kappa shape index (κ3) is 2.81. The number of sulfone groups is 1. The van der Waals surface area contributed by atoms with Gasteiger partial charge in [0.1, 0.15) is 5.75 Å². The molecule has 2 fully saturated rings. The first-order chi connectivity index (χ1) is 12.4. The largest absolute Gasteiger partial charge is 0.497 e. The van der Waals surface area contributed by atoms with E-state index in [2.05, 4.69) is 0 Å². The van der Waals surface area contributed by atoms with Crippen LogP contribution in [0.2, 0.25) is 5.02 Å². The van der Waals surface area contributed by atoms with Crippen LogP contribution in [0.4, 0.5) is 16.2 Å². The maximum absolute atomic E-state index is 13.2. The Morgan fingerprint density at radius 1 is 1.00 bits per heavy atom. The lowest BCUT2D eigenvalue weighted by Crippen LogP contribution is -2.37. The second kappa shape index (κ2) is 6.17. The second-order valence-electron chi connectivity index (χ2n) is 6.41. The number of hydrogen-bond donors (Lipinski definition) is 0. The lowest BCUT2D eigenvalue weighted by atomic mass is 10.1. The molecular formula is C18H17ClN2O4S. The zero-order valence-corrected chi connectivity index (χ0v) is 15.6. The average molecular weight is 393 g/mol. The van der Waals surface area contributed by atoms with Crippen molar-refractivity contribution < 1.29 is 17.9 Å². The van der Waals surface area contributed by atoms with Gasteiger partial charge in [0, 0.05) is 16.4 Å². The normalized spacial score (nSPS) is 24.0. The van der Waals surface area contributed by atoms with Crippen LogP contribution in [-0.4, -0.2) is 45.1 Å². The van der Waals surface area contributed by atoms with E-state index in [0.717, 1.165) is 0 Å². The molecule has 136 valence electrons. The molecule has 0 bridgehead atoms. The standard InChI is InChI=1S/C18H17ClN2O4S/c1-25-15-7-5-13(6-8-15)20-16-10-26(23,24)11-17(16)21(18(20)22)14-4-2-3-12(19)9-14/h2-9,16-17H,10-11H2,1H3/t16-,17-/m0/s1. The van der Waals surface area contributed by atoms with E-state index in [1.54, 1.807) is 65.4 Å². The van der Waals surface area contributed by atoms with E-state index in [4.69, 9.17) is 16.3 Å². The Balaban J connectivity index is 1.78. The Morgan fingerprint density at radius 3 is 2.19 bits per heavy atom. The highest BCUT2D eigenvalue weighted by Crippen LogP contribution is 2.38. The van der Waals surface area contributed by atoms with Crippen LogP contribution >= 0.6 is 11.6 Å². The lowest BCUT2D eigenvalue weighted by molar-refractivity contribution is 0.255. The van der Waals surface area contributed by atoms with Gasteiger partial charge in [0.2, 0.25) is 0 Å². The SMILES string of the molecule is COc1ccc(N2C(=O)N(c3cccc(Cl)c3)[C@H]3CS(=O)(=O)C[C@@H]32)cc1. The minimum Gasteiger partial charge on any atom is -0.497 e. The molecule has 8 heteroatoms. The van der Waals surface area contributed by atoms with Crippen molar-refractivity contribution >= 4 is 38.8 Å². The number of nitrogens with zero attached hydrogens (tertiary/aromatic N) is 2. The predicted octanol–water partition coefficient (Wildman–Crippen LogP) is 2.96. The van der Waals surface area contributed by atoms with Gasteiger partial charge in [0.25, 0.3) is 0 Å². The highest BCUT2D eigenvalue weighted by Gasteiger charge is 2.54. The van der Waals surface area contributed by atoms with Crippen molar-refractivity contribution in [2.75, 3.05) is 28.4 Å². The second-order valence-corrected chi connectivity index (χ2v) is 9.00. The van der Waals surface area contributed by atoms with Crippen molar-refractivity contribution in [1.82, 2.24) is 0 Å². The molecule has 2 saturated heterocycles. The fraction of sp³-hybridized carbons (Fsp3) is 0.278. The molecule has 4 rings (SSSR count). The topological polar surface area (TPSA) is 66.9 Å². The summed E-state index contributed by atoms with van der Waals surface area (Å²) in [5.74, 6) is 0.567. The van der Waals surface area contributed by atoms with Crippen molar-refractivity contribution in [1.29, 1.82) is 0 Å². The first-order valence-electron chi connectivity index (χ1n) is 8.12. The fourth-order valence-electron chi connectivity index (χ4n) is 3.68. The zero-order valence-electron chi connectivity index (χ0n) is 14.0. The van der Waals surface area contributed by atoms with Gasteiger partial charge >= 0.3 is 6.03 Å². The number of fused-ring (bicyclic) bond motifs is 1. The minimum absolute atomic E-state index is 0.0491. The molecule has 0 aromatic heterocycles. The molecule has 0 spiro atoms. The quantitative estimate of drug-likeness (QED) is 0.753. The number of benzene rings is 2. The van der Waals surface area contributed by atoms with Crippen molar-refractivity contribution in [2.24, 2.45) is 0 Å². The maximum Gasteiger partial charge on any atom is 0.329 e. The number of methoxy groups -OCH3 is 1. The van der Waals surface area contributed by atoms with Crippen LogP contribution in [0, 0.1) is 0 Å². The number of anilines is 2. The molecule has 0 unspecified atom stereocenters. The molecule has 2 amide bonds. The summed E-state index contributed by atoms with van der Waals surface area (Å²) >= 11 is 6.07. The molecule has 2 aromatic rings. The van der Waals surface area contributed by atoms with Crippen LogP contribution in [0.25, 0.3) is 0 Å². The van der Waals surface area contributed by atoms with E-state index in [1.165, 1.54) is 0 Å². The smallest absolute Gasteiger partial charge is 0.329 e. The summed E-state index contributed by atoms with van der Waals surface area (Å²) in [6.07, 6.45) is 0. The van der Waals surface area contributed by atoms with Gasteiger partial charge in [-0.05, 0) is 42.5 Å². The Kier molecular flexibility index (Phi) is 4.08. The van der Waals surface area contributed by atoms with Crippen LogP contribution in [-0.2, 0) is 9.84 Å². The molecule has 0 saturated carbocycles. The number of carbonyl (C=O) groups is 1. The summed E-state index contributed by atoms with van der Waals surface area (Å²) in [6.45, 7) is 0. The van der Waals surface area contributed by atoms with Crippen LogP contribution in [0.1, 0.15) is 0 Å². The summed E-state index contributed by atoms with van der Waals surface area (Å²) in [6, 6.07) is 12.8. The summed E-state index contributed by atoms with van der Waals surface area (Å²) in [7, 11) is -1.66. The number of ether oxygens (including phenoxy) is 1. The summed E-state index contributed by atoms with van der Waals surface area (Å²) < 4.78 is 29.7. The van der Waals surface area contributed by atoms with E-state index in [1.807, 2.05) is 0 Å². The molecule has 2 atom stereocenters. The number of urea groups is 1.